The Labute approximate surface area is 188 Å². The smallest absolute Gasteiger partial charge is 0.320 e. The molecule has 4 rings (SSSR count). The fraction of sp³-hybridized carbons (Fsp3) is 0.250. The van der Waals surface area contributed by atoms with Crippen molar-refractivity contribution in [2.45, 2.75) is 39.3 Å². The summed E-state index contributed by atoms with van der Waals surface area (Å²) in [4.78, 5) is 28.7. The van der Waals surface area contributed by atoms with Gasteiger partial charge in [-0.05, 0) is 61.7 Å². The molecule has 1 aliphatic rings. The number of benzene rings is 1. The summed E-state index contributed by atoms with van der Waals surface area (Å²) in [6.07, 6.45) is 1.99. The lowest BCUT2D eigenvalue weighted by molar-refractivity contribution is -0.137. The second-order valence-electron chi connectivity index (χ2n) is 7.92. The average Bonchev–Trinajstić information content (AvgIpc) is 3.15. The fourth-order valence-electron chi connectivity index (χ4n) is 3.79. The van der Waals surface area contributed by atoms with E-state index in [0.29, 0.717) is 41.9 Å². The van der Waals surface area contributed by atoms with Crippen molar-refractivity contribution in [3.8, 4) is 5.69 Å². The zero-order chi connectivity index (χ0) is 23.8. The first-order valence-electron chi connectivity index (χ1n) is 10.3. The third-order valence-electron chi connectivity index (χ3n) is 5.58. The number of hydrogen-bond donors (Lipinski definition) is 1. The van der Waals surface area contributed by atoms with Crippen LogP contribution in [0.4, 0.5) is 18.9 Å². The number of aryl methyl sites for hydroxylation is 1. The van der Waals surface area contributed by atoms with Gasteiger partial charge in [0.15, 0.2) is 0 Å². The number of rotatable bonds is 4. The number of nitrogens with one attached hydrogen (secondary N) is 1. The van der Waals surface area contributed by atoms with Gasteiger partial charge in [0.25, 0.3) is 5.91 Å². The summed E-state index contributed by atoms with van der Waals surface area (Å²) >= 11 is 0. The summed E-state index contributed by atoms with van der Waals surface area (Å²) in [6, 6.07) is 6.38. The molecule has 1 aliphatic carbocycles. The van der Waals surface area contributed by atoms with Gasteiger partial charge in [-0.15, -0.1) is 0 Å². The topological polar surface area (TPSA) is 76.9 Å². The van der Waals surface area contributed by atoms with Crippen LogP contribution in [-0.2, 0) is 11.0 Å². The van der Waals surface area contributed by atoms with E-state index < -0.39 is 17.6 Å². The zero-order valence-electron chi connectivity index (χ0n) is 18.0. The number of carbonyl (C=O) groups is 2. The first-order chi connectivity index (χ1) is 15.6. The molecule has 170 valence electrons. The van der Waals surface area contributed by atoms with Gasteiger partial charge >= 0.3 is 6.18 Å². The van der Waals surface area contributed by atoms with Crippen molar-refractivity contribution in [2.75, 3.05) is 5.32 Å². The van der Waals surface area contributed by atoms with E-state index in [4.69, 9.17) is 0 Å². The van der Waals surface area contributed by atoms with E-state index in [1.165, 1.54) is 23.0 Å². The number of anilines is 1. The normalized spacial score (nSPS) is 14.2. The summed E-state index contributed by atoms with van der Waals surface area (Å²) in [5.74, 6) is -0.186. The Morgan fingerprint density at radius 2 is 1.82 bits per heavy atom. The van der Waals surface area contributed by atoms with Gasteiger partial charge in [-0.3, -0.25) is 14.6 Å². The molecule has 0 bridgehead atoms. The van der Waals surface area contributed by atoms with E-state index in [9.17, 15) is 22.8 Å². The molecule has 0 fully saturated rings. The van der Waals surface area contributed by atoms with E-state index in [0.717, 1.165) is 29.0 Å². The van der Waals surface area contributed by atoms with Crippen LogP contribution in [0.5, 0.6) is 0 Å². The lowest BCUT2D eigenvalue weighted by Gasteiger charge is -2.14. The average molecular weight is 454 g/mol. The predicted octanol–water partition coefficient (Wildman–Crippen LogP) is 5.29. The number of halogens is 3. The van der Waals surface area contributed by atoms with Gasteiger partial charge in [-0.2, -0.15) is 18.3 Å². The third-order valence-corrected chi connectivity index (χ3v) is 5.58. The Hall–Kier alpha value is -3.75. The van der Waals surface area contributed by atoms with E-state index >= 15 is 0 Å². The van der Waals surface area contributed by atoms with Crippen LogP contribution in [0.25, 0.3) is 11.3 Å². The molecule has 9 heteroatoms. The molecule has 1 aromatic carbocycles. The number of alkyl halides is 3. The lowest BCUT2D eigenvalue weighted by atomic mass is 9.94. The largest absolute Gasteiger partial charge is 0.416 e. The predicted molar refractivity (Wildman–Crippen MR) is 117 cm³/mol. The van der Waals surface area contributed by atoms with Crippen LogP contribution in [0, 0.1) is 13.8 Å². The number of nitrogens with zero attached hydrogens (tertiary/aromatic N) is 3. The maximum Gasteiger partial charge on any atom is 0.416 e. The van der Waals surface area contributed by atoms with Gasteiger partial charge in [0.05, 0.1) is 46.3 Å². The minimum atomic E-state index is -4.42. The molecule has 0 unspecified atom stereocenters. The quantitative estimate of drug-likeness (QED) is 0.581. The van der Waals surface area contributed by atoms with Crippen molar-refractivity contribution in [3.05, 3.63) is 76.9 Å². The molecule has 0 saturated heterocycles. The van der Waals surface area contributed by atoms with Crippen LogP contribution >= 0.6 is 0 Å². The summed E-state index contributed by atoms with van der Waals surface area (Å²) in [7, 11) is 0. The third kappa shape index (κ3) is 4.72. The minimum Gasteiger partial charge on any atom is -0.320 e. The van der Waals surface area contributed by atoms with Crippen molar-refractivity contribution in [1.29, 1.82) is 0 Å². The Balaban J connectivity index is 1.51. The fourth-order valence-corrected chi connectivity index (χ4v) is 3.79. The highest BCUT2D eigenvalue weighted by atomic mass is 19.4. The van der Waals surface area contributed by atoms with Crippen LogP contribution in [0.1, 0.15) is 52.1 Å². The van der Waals surface area contributed by atoms with Crippen molar-refractivity contribution >= 4 is 23.0 Å². The number of hydrogen-bond acceptors (Lipinski definition) is 4. The number of allylic oxidation sites excluding steroid dienone is 2. The van der Waals surface area contributed by atoms with Crippen molar-refractivity contribution in [1.82, 2.24) is 14.8 Å². The van der Waals surface area contributed by atoms with Gasteiger partial charge in [0.2, 0.25) is 0 Å². The van der Waals surface area contributed by atoms with Crippen LogP contribution in [0.2, 0.25) is 0 Å². The first-order valence-corrected chi connectivity index (χ1v) is 10.3. The standard InChI is InChI=1S/C24H21F3N4O2/c1-14-11-18(12-28-22(14)16-3-9-20(32)10-4-16)30-23(33)21-13-29-31(15(21)2)19-7-5-17(6-8-19)24(25,26)27/h3,5-8,11-13H,4,9-10H2,1-2H3,(H,30,33). The highest BCUT2D eigenvalue weighted by Gasteiger charge is 2.30. The molecule has 1 amide bonds. The summed E-state index contributed by atoms with van der Waals surface area (Å²) in [5, 5.41) is 6.96. The molecule has 0 atom stereocenters. The Morgan fingerprint density at radius 1 is 1.09 bits per heavy atom. The van der Waals surface area contributed by atoms with E-state index in [1.807, 2.05) is 19.1 Å². The van der Waals surface area contributed by atoms with Gasteiger partial charge < -0.3 is 5.32 Å². The Morgan fingerprint density at radius 3 is 2.42 bits per heavy atom. The number of aromatic nitrogens is 3. The first kappa shape index (κ1) is 22.4. The maximum absolute atomic E-state index is 12.8. The number of carbonyl (C=O) groups excluding carboxylic acids is 2. The molecular weight excluding hydrogens is 433 g/mol. The molecule has 0 saturated carbocycles. The summed E-state index contributed by atoms with van der Waals surface area (Å²) in [5.41, 5.74) is 3.68. The van der Waals surface area contributed by atoms with E-state index in [2.05, 4.69) is 15.4 Å². The number of pyridine rings is 1. The molecule has 0 spiro atoms. The molecule has 1 N–H and O–H groups in total. The van der Waals surface area contributed by atoms with Crippen LogP contribution < -0.4 is 5.32 Å². The number of amides is 1. The maximum atomic E-state index is 12.8. The number of ketones is 1. The molecule has 2 aromatic heterocycles. The van der Waals surface area contributed by atoms with Gasteiger partial charge in [0, 0.05) is 12.8 Å². The lowest BCUT2D eigenvalue weighted by Crippen LogP contribution is -2.14. The second kappa shape index (κ2) is 8.65. The second-order valence-corrected chi connectivity index (χ2v) is 7.92. The van der Waals surface area contributed by atoms with Gasteiger partial charge in [0.1, 0.15) is 5.78 Å². The molecule has 3 aromatic rings. The Kier molecular flexibility index (Phi) is 5.88. The minimum absolute atomic E-state index is 0.215. The van der Waals surface area contributed by atoms with Crippen LogP contribution in [0.3, 0.4) is 0 Å². The Bertz CT molecular complexity index is 1260. The van der Waals surface area contributed by atoms with Crippen molar-refractivity contribution in [2.24, 2.45) is 0 Å². The highest BCUT2D eigenvalue weighted by Crippen LogP contribution is 2.30. The summed E-state index contributed by atoms with van der Waals surface area (Å²) < 4.78 is 39.8. The van der Waals surface area contributed by atoms with Gasteiger partial charge in [-0.25, -0.2) is 4.68 Å². The molecule has 0 radical (unpaired) electrons. The SMILES string of the molecule is Cc1cc(NC(=O)c2cnn(-c3ccc(C(F)(F)F)cc3)c2C)cnc1C1=CCC(=O)CC1. The molecule has 33 heavy (non-hydrogen) atoms. The molecule has 2 heterocycles. The monoisotopic (exact) mass is 454 g/mol. The van der Waals surface area contributed by atoms with Crippen molar-refractivity contribution in [3.63, 3.8) is 0 Å². The molecular formula is C24H21F3N4O2. The number of Topliss-reactive ketones (excluding diaryl/α,β-unsaturated/α-hetero) is 1. The van der Waals surface area contributed by atoms with Crippen LogP contribution in [-0.4, -0.2) is 26.5 Å². The summed E-state index contributed by atoms with van der Waals surface area (Å²) in [6.45, 7) is 3.56. The van der Waals surface area contributed by atoms with Crippen molar-refractivity contribution < 1.29 is 22.8 Å². The van der Waals surface area contributed by atoms with Crippen LogP contribution in [0.15, 0.2) is 48.8 Å². The van der Waals surface area contributed by atoms with Gasteiger partial charge in [-0.1, -0.05) is 6.08 Å². The molecule has 6 nitrogen and oxygen atoms in total. The zero-order valence-corrected chi connectivity index (χ0v) is 18.0. The van der Waals surface area contributed by atoms with E-state index in [-0.39, 0.29) is 5.78 Å². The van der Waals surface area contributed by atoms with E-state index in [1.54, 1.807) is 13.1 Å². The highest BCUT2D eigenvalue weighted by molar-refractivity contribution is 6.05. The molecule has 0 aliphatic heterocycles.